The van der Waals surface area contributed by atoms with Crippen molar-refractivity contribution in [3.8, 4) is 0 Å². The van der Waals surface area contributed by atoms with Crippen LogP contribution >= 0.6 is 0 Å². The molecule has 1 heterocycles. The molecule has 0 aromatic heterocycles. The Morgan fingerprint density at radius 2 is 2.27 bits per heavy atom. The SMILES string of the molecule is CN1CC2CCCC(C)(C2)C1. The summed E-state index contributed by atoms with van der Waals surface area (Å²) in [6.45, 7) is 5.16. The molecule has 2 aliphatic rings. The number of piperidine rings is 1. The lowest BCUT2D eigenvalue weighted by atomic mass is 9.68. The molecule has 2 rings (SSSR count). The first-order valence-electron chi connectivity index (χ1n) is 4.87. The molecule has 1 aliphatic carbocycles. The van der Waals surface area contributed by atoms with Gasteiger partial charge in [-0.15, -0.1) is 0 Å². The van der Waals surface area contributed by atoms with Gasteiger partial charge in [0.25, 0.3) is 0 Å². The molecule has 0 aromatic carbocycles. The topological polar surface area (TPSA) is 3.24 Å². The van der Waals surface area contributed by atoms with Crippen molar-refractivity contribution >= 4 is 0 Å². The van der Waals surface area contributed by atoms with Crippen LogP contribution in [0.25, 0.3) is 0 Å². The first-order chi connectivity index (χ1) is 5.18. The lowest BCUT2D eigenvalue weighted by Crippen LogP contribution is -2.46. The van der Waals surface area contributed by atoms with Crippen LogP contribution in [0.3, 0.4) is 0 Å². The van der Waals surface area contributed by atoms with Gasteiger partial charge < -0.3 is 4.90 Å². The Kier molecular flexibility index (Phi) is 1.71. The van der Waals surface area contributed by atoms with Crippen LogP contribution in [-0.4, -0.2) is 25.0 Å². The summed E-state index contributed by atoms with van der Waals surface area (Å²) in [5.74, 6) is 1.02. The highest BCUT2D eigenvalue weighted by Gasteiger charge is 2.37. The van der Waals surface area contributed by atoms with Crippen molar-refractivity contribution < 1.29 is 0 Å². The number of nitrogens with zero attached hydrogens (tertiary/aromatic N) is 1. The normalized spacial score (nSPS) is 45.8. The Bertz CT molecular complexity index is 151. The maximum Gasteiger partial charge on any atom is 0.00325 e. The number of rotatable bonds is 0. The summed E-state index contributed by atoms with van der Waals surface area (Å²) in [6.07, 6.45) is 5.93. The average molecular weight is 153 g/mol. The van der Waals surface area contributed by atoms with E-state index < -0.39 is 0 Å². The minimum absolute atomic E-state index is 0.677. The summed E-state index contributed by atoms with van der Waals surface area (Å²) >= 11 is 0. The van der Waals surface area contributed by atoms with Crippen molar-refractivity contribution in [1.29, 1.82) is 0 Å². The largest absolute Gasteiger partial charge is 0.306 e. The molecule has 1 nitrogen and oxygen atoms in total. The van der Waals surface area contributed by atoms with Crippen LogP contribution < -0.4 is 0 Å². The van der Waals surface area contributed by atoms with Crippen molar-refractivity contribution in [2.45, 2.75) is 32.6 Å². The van der Waals surface area contributed by atoms with Crippen LogP contribution in [0, 0.1) is 11.3 Å². The smallest absolute Gasteiger partial charge is 0.00325 e. The third kappa shape index (κ3) is 1.44. The van der Waals surface area contributed by atoms with Crippen molar-refractivity contribution in [3.05, 3.63) is 0 Å². The van der Waals surface area contributed by atoms with Gasteiger partial charge in [0.1, 0.15) is 0 Å². The van der Waals surface area contributed by atoms with Crippen LogP contribution in [-0.2, 0) is 0 Å². The van der Waals surface area contributed by atoms with Crippen LogP contribution in [0.4, 0.5) is 0 Å². The third-order valence-electron chi connectivity index (χ3n) is 3.40. The van der Waals surface area contributed by atoms with E-state index in [0.29, 0.717) is 5.41 Å². The van der Waals surface area contributed by atoms with Crippen molar-refractivity contribution in [2.75, 3.05) is 20.1 Å². The molecule has 2 unspecified atom stereocenters. The van der Waals surface area contributed by atoms with E-state index in [1.54, 1.807) is 0 Å². The molecular formula is C10H19N. The van der Waals surface area contributed by atoms with Gasteiger partial charge in [-0.25, -0.2) is 0 Å². The standard InChI is InChI=1S/C10H19N/c1-10-5-3-4-9(6-10)7-11(2)8-10/h9H,3-8H2,1-2H3. The van der Waals surface area contributed by atoms with E-state index in [1.807, 2.05) is 0 Å². The molecule has 0 amide bonds. The van der Waals surface area contributed by atoms with Gasteiger partial charge in [-0.2, -0.15) is 0 Å². The second-order valence-electron chi connectivity index (χ2n) is 4.97. The molecular weight excluding hydrogens is 134 g/mol. The summed E-state index contributed by atoms with van der Waals surface area (Å²) in [5, 5.41) is 0. The fraction of sp³-hybridized carbons (Fsp3) is 1.00. The van der Waals surface area contributed by atoms with Gasteiger partial charge >= 0.3 is 0 Å². The van der Waals surface area contributed by atoms with Gasteiger partial charge in [-0.1, -0.05) is 13.3 Å². The Morgan fingerprint density at radius 1 is 1.45 bits per heavy atom. The fourth-order valence-electron chi connectivity index (χ4n) is 3.17. The zero-order chi connectivity index (χ0) is 7.90. The van der Waals surface area contributed by atoms with Gasteiger partial charge in [0.2, 0.25) is 0 Å². The molecule has 1 saturated heterocycles. The zero-order valence-corrected chi connectivity index (χ0v) is 7.77. The van der Waals surface area contributed by atoms with E-state index in [4.69, 9.17) is 0 Å². The molecule has 11 heavy (non-hydrogen) atoms. The fourth-order valence-corrected chi connectivity index (χ4v) is 3.17. The summed E-state index contributed by atoms with van der Waals surface area (Å²) < 4.78 is 0. The van der Waals surface area contributed by atoms with Crippen molar-refractivity contribution in [3.63, 3.8) is 0 Å². The van der Waals surface area contributed by atoms with Crippen LogP contribution in [0.5, 0.6) is 0 Å². The van der Waals surface area contributed by atoms with Gasteiger partial charge in [-0.05, 0) is 37.6 Å². The Hall–Kier alpha value is -0.0400. The molecule has 1 aliphatic heterocycles. The molecule has 0 spiro atoms. The number of likely N-dealkylation sites (tertiary alicyclic amines) is 1. The zero-order valence-electron chi connectivity index (χ0n) is 7.77. The van der Waals surface area contributed by atoms with E-state index in [2.05, 4.69) is 18.9 Å². The predicted octanol–water partition coefficient (Wildman–Crippen LogP) is 2.13. The highest BCUT2D eigenvalue weighted by molar-refractivity contribution is 4.90. The third-order valence-corrected chi connectivity index (χ3v) is 3.40. The maximum atomic E-state index is 2.52. The molecule has 2 bridgehead atoms. The van der Waals surface area contributed by atoms with Gasteiger partial charge in [-0.3, -0.25) is 0 Å². The molecule has 0 radical (unpaired) electrons. The molecule has 0 aromatic rings. The summed E-state index contributed by atoms with van der Waals surface area (Å²) in [6, 6.07) is 0. The minimum atomic E-state index is 0.677. The molecule has 1 saturated carbocycles. The Balaban J connectivity index is 2.09. The summed E-state index contributed by atoms with van der Waals surface area (Å²) in [7, 11) is 2.27. The summed E-state index contributed by atoms with van der Waals surface area (Å²) in [5.41, 5.74) is 0.677. The van der Waals surface area contributed by atoms with E-state index in [-0.39, 0.29) is 0 Å². The molecule has 64 valence electrons. The minimum Gasteiger partial charge on any atom is -0.306 e. The van der Waals surface area contributed by atoms with Gasteiger partial charge in [0.05, 0.1) is 0 Å². The molecule has 2 fully saturated rings. The first-order valence-corrected chi connectivity index (χ1v) is 4.87. The highest BCUT2D eigenvalue weighted by atomic mass is 15.1. The highest BCUT2D eigenvalue weighted by Crippen LogP contribution is 2.42. The van der Waals surface area contributed by atoms with Crippen LogP contribution in [0.15, 0.2) is 0 Å². The van der Waals surface area contributed by atoms with Crippen molar-refractivity contribution in [2.24, 2.45) is 11.3 Å². The lowest BCUT2D eigenvalue weighted by Gasteiger charge is -2.47. The lowest BCUT2D eigenvalue weighted by molar-refractivity contribution is 0.0360. The van der Waals surface area contributed by atoms with E-state index in [0.717, 1.165) is 5.92 Å². The monoisotopic (exact) mass is 153 g/mol. The van der Waals surface area contributed by atoms with E-state index in [1.165, 1.54) is 38.8 Å². The number of hydrogen-bond donors (Lipinski definition) is 0. The molecule has 1 heteroatoms. The first kappa shape index (κ1) is 7.60. The second-order valence-corrected chi connectivity index (χ2v) is 4.97. The second kappa shape index (κ2) is 2.48. The number of hydrogen-bond acceptors (Lipinski definition) is 1. The van der Waals surface area contributed by atoms with E-state index >= 15 is 0 Å². The quantitative estimate of drug-likeness (QED) is 0.515. The predicted molar refractivity (Wildman–Crippen MR) is 47.6 cm³/mol. The Labute approximate surface area is 69.8 Å². The van der Waals surface area contributed by atoms with Gasteiger partial charge in [0.15, 0.2) is 0 Å². The Morgan fingerprint density at radius 3 is 3.00 bits per heavy atom. The van der Waals surface area contributed by atoms with Crippen molar-refractivity contribution in [1.82, 2.24) is 4.90 Å². The van der Waals surface area contributed by atoms with Crippen LogP contribution in [0.2, 0.25) is 0 Å². The molecule has 2 atom stereocenters. The van der Waals surface area contributed by atoms with Crippen LogP contribution in [0.1, 0.15) is 32.6 Å². The average Bonchev–Trinajstić information content (AvgIpc) is 1.82. The van der Waals surface area contributed by atoms with Gasteiger partial charge in [0, 0.05) is 13.1 Å². The number of fused-ring (bicyclic) bond motifs is 2. The van der Waals surface area contributed by atoms with E-state index in [9.17, 15) is 0 Å². The summed E-state index contributed by atoms with van der Waals surface area (Å²) in [4.78, 5) is 2.52. The maximum absolute atomic E-state index is 2.52. The molecule has 0 N–H and O–H groups in total.